The van der Waals surface area contributed by atoms with Gasteiger partial charge in [-0.1, -0.05) is 6.92 Å². The lowest BCUT2D eigenvalue weighted by Crippen LogP contribution is -2.51. The van der Waals surface area contributed by atoms with Crippen LogP contribution in [0, 0.1) is 11.3 Å². The quantitative estimate of drug-likeness (QED) is 0.749. The van der Waals surface area contributed by atoms with E-state index in [1.54, 1.807) is 0 Å². The minimum Gasteiger partial charge on any atom is -0.336 e. The van der Waals surface area contributed by atoms with Crippen molar-refractivity contribution in [3.63, 3.8) is 0 Å². The van der Waals surface area contributed by atoms with Gasteiger partial charge in [-0.15, -0.1) is 0 Å². The molecule has 1 heterocycles. The molecule has 0 aromatic rings. The second-order valence-corrected chi connectivity index (χ2v) is 5.41. The Morgan fingerprint density at radius 2 is 2.18 bits per heavy atom. The summed E-state index contributed by atoms with van der Waals surface area (Å²) in [6.45, 7) is 7.95. The SMILES string of the molecule is CCCN1C(=O)C(CC#N)N(C)CCC1(C)C. The van der Waals surface area contributed by atoms with Crippen LogP contribution in [0.4, 0.5) is 0 Å². The zero-order valence-electron chi connectivity index (χ0n) is 11.4. The fourth-order valence-electron chi connectivity index (χ4n) is 2.37. The third-order valence-electron chi connectivity index (χ3n) is 3.62. The molecule has 0 saturated carbocycles. The van der Waals surface area contributed by atoms with Gasteiger partial charge in [-0.05, 0) is 33.7 Å². The first-order valence-corrected chi connectivity index (χ1v) is 6.32. The molecule has 0 aromatic carbocycles. The molecule has 4 heteroatoms. The van der Waals surface area contributed by atoms with E-state index < -0.39 is 0 Å². The van der Waals surface area contributed by atoms with E-state index in [1.807, 2.05) is 16.8 Å². The van der Waals surface area contributed by atoms with Crippen molar-refractivity contribution in [3.8, 4) is 6.07 Å². The molecule has 0 radical (unpaired) electrons. The highest BCUT2D eigenvalue weighted by Gasteiger charge is 2.39. The summed E-state index contributed by atoms with van der Waals surface area (Å²) in [5, 5.41) is 8.84. The molecule has 17 heavy (non-hydrogen) atoms. The number of carbonyl (C=O) groups is 1. The molecule has 1 aliphatic heterocycles. The zero-order valence-corrected chi connectivity index (χ0v) is 11.4. The first kappa shape index (κ1) is 14.0. The summed E-state index contributed by atoms with van der Waals surface area (Å²) in [5.41, 5.74) is -0.106. The standard InChI is InChI=1S/C13H23N3O/c1-5-9-16-12(17)11(6-8-14)15(4)10-7-13(16,2)3/h11H,5-7,9-10H2,1-4H3. The van der Waals surface area contributed by atoms with E-state index in [0.717, 1.165) is 25.9 Å². The van der Waals surface area contributed by atoms with E-state index in [1.165, 1.54) is 0 Å². The minimum absolute atomic E-state index is 0.106. The van der Waals surface area contributed by atoms with Crippen molar-refractivity contribution in [1.82, 2.24) is 9.80 Å². The Labute approximate surface area is 104 Å². The van der Waals surface area contributed by atoms with Crippen molar-refractivity contribution in [2.45, 2.75) is 51.6 Å². The molecule has 0 N–H and O–H groups in total. The van der Waals surface area contributed by atoms with Crippen molar-refractivity contribution in [2.24, 2.45) is 0 Å². The average molecular weight is 237 g/mol. The van der Waals surface area contributed by atoms with Crippen LogP contribution in [0.1, 0.15) is 40.0 Å². The maximum absolute atomic E-state index is 12.5. The van der Waals surface area contributed by atoms with Gasteiger partial charge < -0.3 is 4.90 Å². The van der Waals surface area contributed by atoms with E-state index >= 15 is 0 Å². The van der Waals surface area contributed by atoms with Gasteiger partial charge in [0, 0.05) is 18.6 Å². The molecule has 1 saturated heterocycles. The Morgan fingerprint density at radius 3 is 2.71 bits per heavy atom. The van der Waals surface area contributed by atoms with Crippen molar-refractivity contribution >= 4 is 5.91 Å². The summed E-state index contributed by atoms with van der Waals surface area (Å²) < 4.78 is 0. The predicted octanol–water partition coefficient (Wildman–Crippen LogP) is 1.62. The van der Waals surface area contributed by atoms with Gasteiger partial charge in [-0.3, -0.25) is 9.69 Å². The molecule has 1 amide bonds. The molecule has 4 nitrogen and oxygen atoms in total. The molecular formula is C13H23N3O. The van der Waals surface area contributed by atoms with Crippen LogP contribution in [0.15, 0.2) is 0 Å². The summed E-state index contributed by atoms with van der Waals surface area (Å²) in [7, 11) is 1.94. The lowest BCUT2D eigenvalue weighted by atomic mass is 9.98. The number of nitriles is 1. The van der Waals surface area contributed by atoms with Gasteiger partial charge in [0.25, 0.3) is 0 Å². The summed E-state index contributed by atoms with van der Waals surface area (Å²) in [6.07, 6.45) is 2.20. The molecule has 1 fully saturated rings. The zero-order chi connectivity index (χ0) is 13.1. The van der Waals surface area contributed by atoms with Gasteiger partial charge in [0.2, 0.25) is 5.91 Å². The molecule has 1 aliphatic rings. The maximum atomic E-state index is 12.5. The highest BCUT2D eigenvalue weighted by Crippen LogP contribution is 2.26. The van der Waals surface area contributed by atoms with Gasteiger partial charge in [0.15, 0.2) is 0 Å². The fourth-order valence-corrected chi connectivity index (χ4v) is 2.37. The highest BCUT2D eigenvalue weighted by molar-refractivity contribution is 5.83. The van der Waals surface area contributed by atoms with Crippen LogP contribution in [-0.2, 0) is 4.79 Å². The van der Waals surface area contributed by atoms with E-state index in [9.17, 15) is 4.79 Å². The molecule has 1 unspecified atom stereocenters. The largest absolute Gasteiger partial charge is 0.336 e. The number of nitrogens with zero attached hydrogens (tertiary/aromatic N) is 3. The molecule has 0 bridgehead atoms. The van der Waals surface area contributed by atoms with Gasteiger partial charge >= 0.3 is 0 Å². The average Bonchev–Trinajstić information content (AvgIpc) is 2.34. The van der Waals surface area contributed by atoms with E-state index in [-0.39, 0.29) is 23.9 Å². The first-order chi connectivity index (χ1) is 7.94. The number of hydrogen-bond donors (Lipinski definition) is 0. The van der Waals surface area contributed by atoms with Gasteiger partial charge in [-0.25, -0.2) is 0 Å². The number of amides is 1. The lowest BCUT2D eigenvalue weighted by molar-refractivity contribution is -0.139. The third-order valence-corrected chi connectivity index (χ3v) is 3.62. The molecule has 96 valence electrons. The molecule has 1 atom stereocenters. The van der Waals surface area contributed by atoms with Gasteiger partial charge in [-0.2, -0.15) is 5.26 Å². The topological polar surface area (TPSA) is 47.3 Å². The summed E-state index contributed by atoms with van der Waals surface area (Å²) >= 11 is 0. The Bertz CT molecular complexity index is 319. The lowest BCUT2D eigenvalue weighted by Gasteiger charge is -2.37. The van der Waals surface area contributed by atoms with Crippen molar-refractivity contribution in [3.05, 3.63) is 0 Å². The predicted molar refractivity (Wildman–Crippen MR) is 67.3 cm³/mol. The summed E-state index contributed by atoms with van der Waals surface area (Å²) in [5.74, 6) is 0.110. The van der Waals surface area contributed by atoms with Crippen LogP contribution < -0.4 is 0 Å². The Balaban J connectivity index is 2.98. The number of likely N-dealkylation sites (N-methyl/N-ethyl adjacent to an activating group) is 1. The van der Waals surface area contributed by atoms with Crippen LogP contribution in [0.2, 0.25) is 0 Å². The van der Waals surface area contributed by atoms with E-state index in [4.69, 9.17) is 5.26 Å². The monoisotopic (exact) mass is 237 g/mol. The van der Waals surface area contributed by atoms with Crippen LogP contribution in [-0.4, -0.2) is 47.4 Å². The van der Waals surface area contributed by atoms with Crippen LogP contribution >= 0.6 is 0 Å². The summed E-state index contributed by atoms with van der Waals surface area (Å²) in [6, 6.07) is 1.86. The fraction of sp³-hybridized carbons (Fsp3) is 0.846. The van der Waals surface area contributed by atoms with Crippen LogP contribution in [0.3, 0.4) is 0 Å². The second kappa shape index (κ2) is 5.50. The highest BCUT2D eigenvalue weighted by atomic mass is 16.2. The van der Waals surface area contributed by atoms with Crippen molar-refractivity contribution < 1.29 is 4.79 Å². The number of carbonyl (C=O) groups excluding carboxylic acids is 1. The smallest absolute Gasteiger partial charge is 0.241 e. The van der Waals surface area contributed by atoms with E-state index in [0.29, 0.717) is 0 Å². The van der Waals surface area contributed by atoms with Crippen molar-refractivity contribution in [2.75, 3.05) is 20.1 Å². The Morgan fingerprint density at radius 1 is 1.53 bits per heavy atom. The first-order valence-electron chi connectivity index (χ1n) is 6.32. The van der Waals surface area contributed by atoms with Crippen LogP contribution in [0.5, 0.6) is 0 Å². The molecule has 0 aromatic heterocycles. The molecule has 0 aliphatic carbocycles. The molecular weight excluding hydrogens is 214 g/mol. The summed E-state index contributed by atoms with van der Waals surface area (Å²) in [4.78, 5) is 16.5. The van der Waals surface area contributed by atoms with Gasteiger partial charge in [0.1, 0.15) is 6.04 Å². The maximum Gasteiger partial charge on any atom is 0.241 e. The second-order valence-electron chi connectivity index (χ2n) is 5.41. The van der Waals surface area contributed by atoms with Gasteiger partial charge in [0.05, 0.1) is 12.5 Å². The van der Waals surface area contributed by atoms with E-state index in [2.05, 4.69) is 26.8 Å². The molecule has 1 rings (SSSR count). The van der Waals surface area contributed by atoms with Crippen molar-refractivity contribution in [1.29, 1.82) is 5.26 Å². The molecule has 0 spiro atoms. The third kappa shape index (κ3) is 2.98. The Kier molecular flexibility index (Phi) is 4.53. The van der Waals surface area contributed by atoms with Crippen LogP contribution in [0.25, 0.3) is 0 Å². The minimum atomic E-state index is -0.270. The normalized spacial score (nSPS) is 25.5. The Hall–Kier alpha value is -1.08. The number of rotatable bonds is 3. The number of hydrogen-bond acceptors (Lipinski definition) is 3.